The van der Waals surface area contributed by atoms with Crippen molar-refractivity contribution in [3.8, 4) is 11.5 Å². The lowest BCUT2D eigenvalue weighted by Gasteiger charge is -2.21. The molecule has 2 aromatic rings. The van der Waals surface area contributed by atoms with Crippen LogP contribution in [0.15, 0.2) is 76.6 Å². The Balaban J connectivity index is 2.04. The molecule has 0 aromatic heterocycles. The number of unbranched alkanes of at least 4 members (excludes halogenated alkanes) is 2. The molecule has 6 heteroatoms. The van der Waals surface area contributed by atoms with Gasteiger partial charge in [-0.15, -0.1) is 0 Å². The molecule has 0 saturated carbocycles. The van der Waals surface area contributed by atoms with Crippen LogP contribution in [0.4, 0.5) is 11.4 Å². The molecule has 0 bridgehead atoms. The van der Waals surface area contributed by atoms with Gasteiger partial charge in [-0.3, -0.25) is 4.79 Å². The van der Waals surface area contributed by atoms with Gasteiger partial charge in [0.15, 0.2) is 0 Å². The van der Waals surface area contributed by atoms with E-state index in [1.54, 1.807) is 24.3 Å². The lowest BCUT2D eigenvalue weighted by molar-refractivity contribution is -0.111. The van der Waals surface area contributed by atoms with Gasteiger partial charge in [0.2, 0.25) is 5.78 Å². The van der Waals surface area contributed by atoms with Gasteiger partial charge in [-0.2, -0.15) is 0 Å². The van der Waals surface area contributed by atoms with Crippen LogP contribution in [0, 0.1) is 0 Å². The van der Waals surface area contributed by atoms with Crippen LogP contribution in [-0.2, 0) is 4.79 Å². The minimum Gasteiger partial charge on any atom is -0.508 e. The van der Waals surface area contributed by atoms with E-state index in [0.29, 0.717) is 34.8 Å². The lowest BCUT2D eigenvalue weighted by Crippen LogP contribution is -2.24. The number of phenolic OH excluding ortho intramolecular Hbond substituents is 2. The van der Waals surface area contributed by atoms with Crippen LogP contribution >= 0.6 is 0 Å². The van der Waals surface area contributed by atoms with Crippen molar-refractivity contribution in [1.82, 2.24) is 0 Å². The van der Waals surface area contributed by atoms with E-state index in [1.165, 1.54) is 24.3 Å². The highest BCUT2D eigenvalue weighted by molar-refractivity contribution is 6.25. The first kappa shape index (κ1) is 20.2. The van der Waals surface area contributed by atoms with Gasteiger partial charge in [-0.1, -0.05) is 19.8 Å². The summed E-state index contributed by atoms with van der Waals surface area (Å²) >= 11 is 0. The molecule has 0 atom stereocenters. The Morgan fingerprint density at radius 2 is 1.52 bits per heavy atom. The van der Waals surface area contributed by atoms with Crippen LogP contribution in [0.1, 0.15) is 32.6 Å². The van der Waals surface area contributed by atoms with Crippen LogP contribution in [0.3, 0.4) is 0 Å². The molecular weight excluding hydrogens is 368 g/mol. The SMILES string of the molecule is CCCCCC1=C(Nc2ccc(O)cc2)C(=O)C=C(O)/C1=N/c1ccc(O)cc1. The fourth-order valence-corrected chi connectivity index (χ4v) is 3.09. The number of hydrogen-bond acceptors (Lipinski definition) is 6. The highest BCUT2D eigenvalue weighted by Crippen LogP contribution is 2.29. The fourth-order valence-electron chi connectivity index (χ4n) is 3.09. The van der Waals surface area contributed by atoms with Gasteiger partial charge in [0.25, 0.3) is 0 Å². The first-order chi connectivity index (χ1) is 14.0. The molecule has 0 fully saturated rings. The number of phenols is 2. The minimum atomic E-state index is -0.327. The number of aromatic hydroxyl groups is 2. The van der Waals surface area contributed by atoms with E-state index in [1.807, 2.05) is 0 Å². The quantitative estimate of drug-likeness (QED) is 0.297. The van der Waals surface area contributed by atoms with Crippen molar-refractivity contribution in [1.29, 1.82) is 0 Å². The van der Waals surface area contributed by atoms with E-state index in [0.717, 1.165) is 25.3 Å². The molecule has 2 aromatic carbocycles. The van der Waals surface area contributed by atoms with Gasteiger partial charge < -0.3 is 20.6 Å². The van der Waals surface area contributed by atoms with Crippen LogP contribution in [0.25, 0.3) is 0 Å². The summed E-state index contributed by atoms with van der Waals surface area (Å²) in [7, 11) is 0. The average molecular weight is 392 g/mol. The first-order valence-corrected chi connectivity index (χ1v) is 9.60. The fraction of sp³-hybridized carbons (Fsp3) is 0.217. The molecule has 6 nitrogen and oxygen atoms in total. The number of aliphatic imine (C=N–C) groups is 1. The van der Waals surface area contributed by atoms with Crippen LogP contribution < -0.4 is 5.32 Å². The molecule has 4 N–H and O–H groups in total. The molecule has 0 saturated heterocycles. The van der Waals surface area contributed by atoms with Gasteiger partial charge >= 0.3 is 0 Å². The highest BCUT2D eigenvalue weighted by atomic mass is 16.3. The number of rotatable bonds is 7. The van der Waals surface area contributed by atoms with Crippen LogP contribution in [0.2, 0.25) is 0 Å². The number of aliphatic hydroxyl groups is 1. The maximum absolute atomic E-state index is 12.7. The smallest absolute Gasteiger partial charge is 0.206 e. The molecule has 29 heavy (non-hydrogen) atoms. The van der Waals surface area contributed by atoms with E-state index in [-0.39, 0.29) is 23.0 Å². The summed E-state index contributed by atoms with van der Waals surface area (Å²) in [6.45, 7) is 2.10. The Labute approximate surface area is 169 Å². The van der Waals surface area contributed by atoms with Crippen LogP contribution in [-0.4, -0.2) is 26.8 Å². The Morgan fingerprint density at radius 3 is 2.14 bits per heavy atom. The van der Waals surface area contributed by atoms with Gasteiger partial charge in [0, 0.05) is 17.3 Å². The predicted molar refractivity (Wildman–Crippen MR) is 114 cm³/mol. The van der Waals surface area contributed by atoms with E-state index in [2.05, 4.69) is 17.2 Å². The molecular formula is C23H24N2O4. The minimum absolute atomic E-state index is 0.126. The van der Waals surface area contributed by atoms with Crippen molar-refractivity contribution in [2.24, 2.45) is 4.99 Å². The lowest BCUT2D eigenvalue weighted by atomic mass is 9.92. The summed E-state index contributed by atoms with van der Waals surface area (Å²) in [5, 5.41) is 32.6. The predicted octanol–water partition coefficient (Wildman–Crippen LogP) is 5.14. The van der Waals surface area contributed by atoms with E-state index < -0.39 is 0 Å². The molecule has 0 unspecified atom stereocenters. The van der Waals surface area contributed by atoms with Gasteiger partial charge in [-0.25, -0.2) is 4.99 Å². The number of allylic oxidation sites excluding steroid dienone is 2. The third-order valence-electron chi connectivity index (χ3n) is 4.60. The van der Waals surface area contributed by atoms with Gasteiger partial charge in [0.05, 0.1) is 11.4 Å². The van der Waals surface area contributed by atoms with E-state index in [4.69, 9.17) is 0 Å². The molecule has 1 aliphatic carbocycles. The topological polar surface area (TPSA) is 102 Å². The molecule has 1 aliphatic rings. The Kier molecular flexibility index (Phi) is 6.34. The molecule has 0 amide bonds. The van der Waals surface area contributed by atoms with E-state index >= 15 is 0 Å². The largest absolute Gasteiger partial charge is 0.508 e. The summed E-state index contributed by atoms with van der Waals surface area (Å²) < 4.78 is 0. The maximum Gasteiger partial charge on any atom is 0.206 e. The average Bonchev–Trinajstić information content (AvgIpc) is 2.70. The number of aliphatic hydroxyl groups excluding tert-OH is 1. The third-order valence-corrected chi connectivity index (χ3v) is 4.60. The molecule has 0 radical (unpaired) electrons. The maximum atomic E-state index is 12.7. The number of ketones is 1. The highest BCUT2D eigenvalue weighted by Gasteiger charge is 2.27. The summed E-state index contributed by atoms with van der Waals surface area (Å²) in [5.41, 5.74) is 2.56. The van der Waals surface area contributed by atoms with Crippen molar-refractivity contribution in [2.45, 2.75) is 32.6 Å². The number of hydrogen-bond donors (Lipinski definition) is 4. The third kappa shape index (κ3) is 5.04. The second-order valence-electron chi connectivity index (χ2n) is 6.85. The molecule has 0 heterocycles. The standard InChI is InChI=1S/C23H24N2O4/c1-2-3-4-5-19-22(24-15-6-10-17(26)11-7-15)20(28)14-21(29)23(19)25-16-8-12-18(27)13-9-16/h6-14,24,26-27,29H,2-5H2,1H3/b25-23+. The number of benzene rings is 2. The number of carbonyl (C=O) groups excluding carboxylic acids is 1. The monoisotopic (exact) mass is 392 g/mol. The molecule has 3 rings (SSSR count). The van der Waals surface area contributed by atoms with Crippen molar-refractivity contribution in [3.05, 3.63) is 71.6 Å². The van der Waals surface area contributed by atoms with Crippen molar-refractivity contribution >= 4 is 22.9 Å². The Bertz CT molecular complexity index is 971. The van der Waals surface area contributed by atoms with Gasteiger partial charge in [0.1, 0.15) is 23.0 Å². The summed E-state index contributed by atoms with van der Waals surface area (Å²) in [6, 6.07) is 12.7. The number of anilines is 1. The molecule has 150 valence electrons. The Hall–Kier alpha value is -3.54. The van der Waals surface area contributed by atoms with E-state index in [9.17, 15) is 20.1 Å². The van der Waals surface area contributed by atoms with Crippen molar-refractivity contribution < 1.29 is 20.1 Å². The molecule has 0 aliphatic heterocycles. The van der Waals surface area contributed by atoms with Crippen molar-refractivity contribution in [2.75, 3.05) is 5.32 Å². The first-order valence-electron chi connectivity index (χ1n) is 9.60. The van der Waals surface area contributed by atoms with Gasteiger partial charge in [-0.05, 0) is 61.4 Å². The van der Waals surface area contributed by atoms with Crippen LogP contribution in [0.5, 0.6) is 11.5 Å². The summed E-state index contributed by atoms with van der Waals surface area (Å²) in [6.07, 6.45) is 4.59. The zero-order chi connectivity index (χ0) is 20.8. The second kappa shape index (κ2) is 9.10. The number of carbonyl (C=O) groups is 1. The van der Waals surface area contributed by atoms with Crippen molar-refractivity contribution in [3.63, 3.8) is 0 Å². The summed E-state index contributed by atoms with van der Waals surface area (Å²) in [4.78, 5) is 17.2. The zero-order valence-electron chi connectivity index (χ0n) is 16.2. The molecule has 0 spiro atoms. The second-order valence-corrected chi connectivity index (χ2v) is 6.85. The normalized spacial score (nSPS) is 15.6. The zero-order valence-corrected chi connectivity index (χ0v) is 16.2. The number of nitrogens with zero attached hydrogens (tertiary/aromatic N) is 1. The number of nitrogens with one attached hydrogen (secondary N) is 1. The Morgan fingerprint density at radius 1 is 0.897 bits per heavy atom. The summed E-state index contributed by atoms with van der Waals surface area (Å²) in [5.74, 6) is -0.242.